The molecular formula is C9H16F3O. The second-order valence-corrected chi connectivity index (χ2v) is 2.79. The van der Waals surface area contributed by atoms with Crippen molar-refractivity contribution >= 4 is 0 Å². The summed E-state index contributed by atoms with van der Waals surface area (Å²) in [5, 5.41) is 0. The van der Waals surface area contributed by atoms with Crippen molar-refractivity contribution in [2.24, 2.45) is 0 Å². The van der Waals surface area contributed by atoms with Crippen LogP contribution in [0.1, 0.15) is 32.6 Å². The number of unbranched alkanes of at least 4 members (excludes halogenated alkanes) is 3. The first-order valence-electron chi connectivity index (χ1n) is 4.55. The molecule has 1 radical (unpaired) electrons. The van der Waals surface area contributed by atoms with Crippen LogP contribution in [0.15, 0.2) is 0 Å². The molecule has 0 aromatic rings. The van der Waals surface area contributed by atoms with Gasteiger partial charge in [-0.3, -0.25) is 0 Å². The number of halogens is 3. The molecule has 0 aliphatic carbocycles. The molecule has 0 saturated heterocycles. The van der Waals surface area contributed by atoms with Gasteiger partial charge in [0, 0.05) is 13.2 Å². The normalized spacial score (nSPS) is 12.0. The van der Waals surface area contributed by atoms with E-state index in [4.69, 9.17) is 4.74 Å². The quantitative estimate of drug-likeness (QED) is 0.569. The van der Waals surface area contributed by atoms with E-state index in [1.165, 1.54) is 0 Å². The molecule has 4 heteroatoms. The van der Waals surface area contributed by atoms with Crippen LogP contribution in [-0.4, -0.2) is 19.4 Å². The van der Waals surface area contributed by atoms with E-state index >= 15 is 0 Å². The van der Waals surface area contributed by atoms with Gasteiger partial charge in [0.05, 0.1) is 6.42 Å². The first-order valence-corrected chi connectivity index (χ1v) is 4.55. The van der Waals surface area contributed by atoms with Crippen molar-refractivity contribution in [1.29, 1.82) is 0 Å². The van der Waals surface area contributed by atoms with Gasteiger partial charge in [-0.1, -0.05) is 12.8 Å². The third kappa shape index (κ3) is 11.8. The Balaban J connectivity index is 3.00. The maximum atomic E-state index is 11.6. The highest BCUT2D eigenvalue weighted by Gasteiger charge is 2.26. The van der Waals surface area contributed by atoms with Crippen LogP contribution in [0.2, 0.25) is 0 Å². The number of rotatable bonds is 7. The topological polar surface area (TPSA) is 9.23 Å². The van der Waals surface area contributed by atoms with Crippen LogP contribution in [-0.2, 0) is 4.74 Å². The van der Waals surface area contributed by atoms with Crippen LogP contribution < -0.4 is 0 Å². The van der Waals surface area contributed by atoms with Gasteiger partial charge in [0.2, 0.25) is 0 Å². The van der Waals surface area contributed by atoms with Crippen molar-refractivity contribution in [3.63, 3.8) is 0 Å². The summed E-state index contributed by atoms with van der Waals surface area (Å²) in [4.78, 5) is 0. The zero-order valence-electron chi connectivity index (χ0n) is 7.86. The van der Waals surface area contributed by atoms with Crippen molar-refractivity contribution in [2.45, 2.75) is 38.8 Å². The molecule has 0 fully saturated rings. The molecule has 0 atom stereocenters. The molecule has 0 amide bonds. The lowest BCUT2D eigenvalue weighted by atomic mass is 10.1. The Kier molecular flexibility index (Phi) is 7.04. The lowest BCUT2D eigenvalue weighted by Gasteiger charge is -2.04. The molecule has 0 spiro atoms. The molecule has 0 rings (SSSR count). The van der Waals surface area contributed by atoms with Crippen molar-refractivity contribution < 1.29 is 17.9 Å². The lowest BCUT2D eigenvalue weighted by molar-refractivity contribution is -0.0984. The van der Waals surface area contributed by atoms with Gasteiger partial charge in [0.25, 0.3) is 0 Å². The lowest BCUT2D eigenvalue weighted by Crippen LogP contribution is -2.07. The SMILES string of the molecule is CCOCCCCC[CH]C(F)(F)F. The van der Waals surface area contributed by atoms with E-state index in [-0.39, 0.29) is 6.42 Å². The Bertz CT molecular complexity index is 112. The van der Waals surface area contributed by atoms with Crippen molar-refractivity contribution in [3.05, 3.63) is 6.42 Å². The van der Waals surface area contributed by atoms with Gasteiger partial charge in [0.1, 0.15) is 0 Å². The third-order valence-electron chi connectivity index (χ3n) is 1.57. The Morgan fingerprint density at radius 3 is 2.38 bits per heavy atom. The predicted molar refractivity (Wildman–Crippen MR) is 45.3 cm³/mol. The minimum atomic E-state index is -4.11. The monoisotopic (exact) mass is 197 g/mol. The second-order valence-electron chi connectivity index (χ2n) is 2.79. The average molecular weight is 197 g/mol. The highest BCUT2D eigenvalue weighted by Crippen LogP contribution is 2.21. The summed E-state index contributed by atoms with van der Waals surface area (Å²) in [6.07, 6.45) is -1.35. The second kappa shape index (κ2) is 7.18. The maximum Gasteiger partial charge on any atom is 0.392 e. The molecule has 79 valence electrons. The van der Waals surface area contributed by atoms with Gasteiger partial charge in [-0.15, -0.1) is 0 Å². The fourth-order valence-corrected chi connectivity index (χ4v) is 0.935. The van der Waals surface area contributed by atoms with Gasteiger partial charge in [0.15, 0.2) is 0 Å². The van der Waals surface area contributed by atoms with E-state index in [1.54, 1.807) is 0 Å². The largest absolute Gasteiger partial charge is 0.392 e. The zero-order chi connectivity index (χ0) is 10.2. The Morgan fingerprint density at radius 1 is 1.15 bits per heavy atom. The molecule has 1 nitrogen and oxygen atoms in total. The molecule has 0 aromatic heterocycles. The minimum Gasteiger partial charge on any atom is -0.382 e. The molecule has 0 unspecified atom stereocenters. The van der Waals surface area contributed by atoms with E-state index in [9.17, 15) is 13.2 Å². The number of ether oxygens (including phenoxy) is 1. The van der Waals surface area contributed by atoms with Crippen LogP contribution in [0.5, 0.6) is 0 Å². The van der Waals surface area contributed by atoms with E-state index in [1.807, 2.05) is 6.92 Å². The molecule has 0 saturated carbocycles. The molecular weight excluding hydrogens is 181 g/mol. The predicted octanol–water partition coefficient (Wildman–Crippen LogP) is 3.35. The summed E-state index contributed by atoms with van der Waals surface area (Å²) < 4.78 is 39.9. The van der Waals surface area contributed by atoms with Gasteiger partial charge in [-0.2, -0.15) is 13.2 Å². The fourth-order valence-electron chi connectivity index (χ4n) is 0.935. The van der Waals surface area contributed by atoms with Gasteiger partial charge in [-0.25, -0.2) is 0 Å². The Labute approximate surface area is 77.3 Å². The molecule has 0 bridgehead atoms. The number of hydrogen-bond acceptors (Lipinski definition) is 1. The fraction of sp³-hybridized carbons (Fsp3) is 0.889. The van der Waals surface area contributed by atoms with E-state index in [2.05, 4.69) is 0 Å². The summed E-state index contributed by atoms with van der Waals surface area (Å²) in [7, 11) is 0. The molecule has 13 heavy (non-hydrogen) atoms. The molecule has 0 heterocycles. The number of hydrogen-bond donors (Lipinski definition) is 0. The summed E-state index contributed by atoms with van der Waals surface area (Å²) >= 11 is 0. The Hall–Kier alpha value is -0.250. The van der Waals surface area contributed by atoms with E-state index in [0.29, 0.717) is 26.1 Å². The Morgan fingerprint density at radius 2 is 1.85 bits per heavy atom. The van der Waals surface area contributed by atoms with Crippen LogP contribution in [0, 0.1) is 6.42 Å². The first kappa shape index (κ1) is 12.8. The van der Waals surface area contributed by atoms with Crippen molar-refractivity contribution in [2.75, 3.05) is 13.2 Å². The molecule has 0 aliphatic rings. The summed E-state index contributed by atoms with van der Waals surface area (Å²) in [5.74, 6) is 0. The van der Waals surface area contributed by atoms with Gasteiger partial charge >= 0.3 is 6.18 Å². The van der Waals surface area contributed by atoms with Crippen LogP contribution in [0.3, 0.4) is 0 Å². The molecule has 0 aliphatic heterocycles. The zero-order valence-corrected chi connectivity index (χ0v) is 7.86. The van der Waals surface area contributed by atoms with Gasteiger partial charge in [-0.05, 0) is 19.8 Å². The van der Waals surface area contributed by atoms with E-state index < -0.39 is 6.18 Å². The van der Waals surface area contributed by atoms with Crippen molar-refractivity contribution in [1.82, 2.24) is 0 Å². The number of alkyl halides is 3. The van der Waals surface area contributed by atoms with Gasteiger partial charge < -0.3 is 4.74 Å². The van der Waals surface area contributed by atoms with Crippen LogP contribution in [0.4, 0.5) is 13.2 Å². The van der Waals surface area contributed by atoms with E-state index in [0.717, 1.165) is 12.8 Å². The summed E-state index contributed by atoms with van der Waals surface area (Å²) in [6, 6.07) is 0. The maximum absolute atomic E-state index is 11.6. The highest BCUT2D eigenvalue weighted by atomic mass is 19.4. The summed E-state index contributed by atoms with van der Waals surface area (Å²) in [5.41, 5.74) is 0. The van der Waals surface area contributed by atoms with Crippen LogP contribution >= 0.6 is 0 Å². The van der Waals surface area contributed by atoms with Crippen LogP contribution in [0.25, 0.3) is 0 Å². The third-order valence-corrected chi connectivity index (χ3v) is 1.57. The first-order chi connectivity index (χ1) is 6.06. The smallest absolute Gasteiger partial charge is 0.382 e. The average Bonchev–Trinajstić information content (AvgIpc) is 2.01. The molecule has 0 N–H and O–H groups in total. The standard InChI is InChI=1S/C9H16F3O/c1-2-13-8-6-4-3-5-7-9(10,11)12/h7H,2-6,8H2,1H3. The highest BCUT2D eigenvalue weighted by molar-refractivity contribution is 4.73. The molecule has 0 aromatic carbocycles. The summed E-state index contributed by atoms with van der Waals surface area (Å²) in [6.45, 7) is 3.23. The van der Waals surface area contributed by atoms with Crippen molar-refractivity contribution in [3.8, 4) is 0 Å². The minimum absolute atomic E-state index is 0.121.